The van der Waals surface area contributed by atoms with Gasteiger partial charge < -0.3 is 0 Å². The number of aromatic nitrogens is 4. The highest BCUT2D eigenvalue weighted by atomic mass is 128. The summed E-state index contributed by atoms with van der Waals surface area (Å²) in [5, 5.41) is 12.0. The third kappa shape index (κ3) is 13.6. The summed E-state index contributed by atoms with van der Waals surface area (Å²) in [4.78, 5) is 16.5. The van der Waals surface area contributed by atoms with Gasteiger partial charge in [-0.2, -0.15) is 0 Å². The van der Waals surface area contributed by atoms with E-state index in [2.05, 4.69) is 57.2 Å². The summed E-state index contributed by atoms with van der Waals surface area (Å²) in [5.74, 6) is 0. The van der Waals surface area contributed by atoms with Gasteiger partial charge in [-0.05, 0) is 24.3 Å². The summed E-state index contributed by atoms with van der Waals surface area (Å²) in [5.41, 5.74) is 3.80. The molecule has 0 unspecified atom stereocenters. The molecule has 0 spiro atoms. The predicted molar refractivity (Wildman–Crippen MR) is 149 cm³/mol. The van der Waals surface area contributed by atoms with Gasteiger partial charge in [0.05, 0.1) is 22.1 Å². The van der Waals surface area contributed by atoms with Crippen molar-refractivity contribution < 1.29 is 0 Å². The summed E-state index contributed by atoms with van der Waals surface area (Å²) in [6.07, 6.45) is 6.79. The fourth-order valence-electron chi connectivity index (χ4n) is 1.82. The van der Waals surface area contributed by atoms with Crippen molar-refractivity contribution in [3.63, 3.8) is 0 Å². The predicted octanol–water partition coefficient (Wildman–Crippen LogP) is 7.73. The van der Waals surface area contributed by atoms with Crippen LogP contribution in [0.15, 0.2) is 73.3 Å². The van der Waals surface area contributed by atoms with Crippen LogP contribution in [0.5, 0.6) is 0 Å². The molecule has 2 aromatic heterocycles. The molecule has 0 fully saturated rings. The summed E-state index contributed by atoms with van der Waals surface area (Å²) >= 11 is 4.24. The SMILES string of the molecule is CC.CC.I.II.N#N.c1ccc2nccnc2c1.c1ccc2nccnc2c1. The second-order valence-electron chi connectivity index (χ2n) is 4.09. The number of nitrogens with zero attached hydrogens (tertiary/aromatic N) is 6. The molecule has 0 aliphatic heterocycles. The summed E-state index contributed by atoms with van der Waals surface area (Å²) in [6, 6.07) is 15.6. The number of hydrogen-bond acceptors (Lipinski definition) is 6. The molecule has 0 atom stereocenters. The fourth-order valence-corrected chi connectivity index (χ4v) is 1.82. The molecular formula is C20H25I3N6. The van der Waals surface area contributed by atoms with Crippen LogP contribution in [-0.2, 0) is 0 Å². The zero-order valence-corrected chi connectivity index (χ0v) is 23.4. The Bertz CT molecular complexity index is 688. The van der Waals surface area contributed by atoms with Crippen molar-refractivity contribution >= 4 is 83.3 Å². The van der Waals surface area contributed by atoms with E-state index in [1.54, 1.807) is 24.8 Å². The summed E-state index contributed by atoms with van der Waals surface area (Å²) < 4.78 is 0. The van der Waals surface area contributed by atoms with Crippen LogP contribution in [0.1, 0.15) is 27.7 Å². The third-order valence-corrected chi connectivity index (χ3v) is 2.75. The van der Waals surface area contributed by atoms with Crippen LogP contribution < -0.4 is 0 Å². The zero-order chi connectivity index (χ0) is 21.6. The molecule has 0 aliphatic carbocycles. The molecule has 0 bridgehead atoms. The van der Waals surface area contributed by atoms with Gasteiger partial charge >= 0.3 is 0 Å². The largest absolute Gasteiger partial charge is 0.253 e. The topological polar surface area (TPSA) is 99.1 Å². The lowest BCUT2D eigenvalue weighted by atomic mass is 10.3. The Labute approximate surface area is 213 Å². The van der Waals surface area contributed by atoms with Gasteiger partial charge in [0, 0.05) is 72.8 Å². The summed E-state index contributed by atoms with van der Waals surface area (Å²) in [6.45, 7) is 8.00. The average Bonchev–Trinajstić information content (AvgIpc) is 2.85. The minimum atomic E-state index is 0. The highest BCUT2D eigenvalue weighted by Gasteiger charge is 1.89. The van der Waals surface area contributed by atoms with Gasteiger partial charge in [0.2, 0.25) is 0 Å². The third-order valence-electron chi connectivity index (χ3n) is 2.75. The number of rotatable bonds is 0. The van der Waals surface area contributed by atoms with Gasteiger partial charge in [-0.15, -0.1) is 24.0 Å². The molecule has 29 heavy (non-hydrogen) atoms. The number of halogens is 3. The van der Waals surface area contributed by atoms with Crippen molar-refractivity contribution in [1.29, 1.82) is 10.8 Å². The quantitative estimate of drug-likeness (QED) is 0.136. The van der Waals surface area contributed by atoms with Crippen molar-refractivity contribution in [3.05, 3.63) is 73.3 Å². The van der Waals surface area contributed by atoms with E-state index < -0.39 is 0 Å². The molecule has 0 N–H and O–H groups in total. The van der Waals surface area contributed by atoms with Crippen molar-refractivity contribution in [2.24, 2.45) is 0 Å². The van der Waals surface area contributed by atoms with Crippen LogP contribution >= 0.6 is 61.2 Å². The number of fused-ring (bicyclic) bond motifs is 2. The number of para-hydroxylation sites is 4. The van der Waals surface area contributed by atoms with Crippen LogP contribution in [0.4, 0.5) is 0 Å². The molecule has 2 aromatic carbocycles. The van der Waals surface area contributed by atoms with Gasteiger partial charge in [0.25, 0.3) is 0 Å². The van der Waals surface area contributed by atoms with Crippen molar-refractivity contribution in [1.82, 2.24) is 19.9 Å². The number of benzene rings is 2. The molecule has 4 rings (SSSR count). The van der Waals surface area contributed by atoms with Crippen LogP contribution in [-0.4, -0.2) is 19.9 Å². The maximum absolute atomic E-state index is 6.00. The highest BCUT2D eigenvalue weighted by molar-refractivity contribution is 15.0. The Morgan fingerprint density at radius 3 is 0.862 bits per heavy atom. The monoisotopic (exact) mass is 730 g/mol. The normalized spacial score (nSPS) is 7.59. The van der Waals surface area contributed by atoms with Gasteiger partial charge in [0.1, 0.15) is 0 Å². The molecule has 0 saturated carbocycles. The molecule has 0 aliphatic rings. The number of hydrogen-bond donors (Lipinski definition) is 0. The van der Waals surface area contributed by atoms with Crippen molar-refractivity contribution in [2.45, 2.75) is 27.7 Å². The van der Waals surface area contributed by atoms with E-state index in [1.165, 1.54) is 0 Å². The van der Waals surface area contributed by atoms with E-state index >= 15 is 0 Å². The fraction of sp³-hybridized carbons (Fsp3) is 0.200. The second kappa shape index (κ2) is 24.8. The Hall–Kier alpha value is -1.27. The first-order chi connectivity index (χ1) is 13.9. The van der Waals surface area contributed by atoms with Gasteiger partial charge in [-0.1, -0.05) is 52.0 Å². The molecule has 9 heteroatoms. The van der Waals surface area contributed by atoms with Crippen LogP contribution in [0, 0.1) is 10.8 Å². The van der Waals surface area contributed by atoms with Crippen LogP contribution in [0.3, 0.4) is 0 Å². The Kier molecular flexibility index (Phi) is 27.7. The van der Waals surface area contributed by atoms with Crippen LogP contribution in [0.25, 0.3) is 22.1 Å². The minimum absolute atomic E-state index is 0. The minimum Gasteiger partial charge on any atom is -0.253 e. The maximum Gasteiger partial charge on any atom is 0.0886 e. The molecule has 6 nitrogen and oxygen atoms in total. The van der Waals surface area contributed by atoms with Gasteiger partial charge in [-0.3, -0.25) is 19.9 Å². The first-order valence-corrected chi connectivity index (χ1v) is 14.9. The lowest BCUT2D eigenvalue weighted by Crippen LogP contribution is -1.78. The van der Waals surface area contributed by atoms with E-state index in [4.69, 9.17) is 10.8 Å². The Morgan fingerprint density at radius 2 is 0.690 bits per heavy atom. The molecule has 4 aromatic rings. The van der Waals surface area contributed by atoms with Crippen molar-refractivity contribution in [3.8, 4) is 0 Å². The Morgan fingerprint density at radius 1 is 0.517 bits per heavy atom. The first kappa shape index (κ1) is 32.4. The van der Waals surface area contributed by atoms with E-state index in [9.17, 15) is 0 Å². The smallest absolute Gasteiger partial charge is 0.0886 e. The van der Waals surface area contributed by atoms with E-state index in [-0.39, 0.29) is 24.0 Å². The van der Waals surface area contributed by atoms with Crippen LogP contribution in [0.2, 0.25) is 0 Å². The van der Waals surface area contributed by atoms with E-state index in [0.717, 1.165) is 22.1 Å². The van der Waals surface area contributed by atoms with Gasteiger partial charge in [-0.25, -0.2) is 0 Å². The molecule has 2 heterocycles. The molecule has 0 amide bonds. The average molecular weight is 730 g/mol. The first-order valence-electron chi connectivity index (χ1n) is 8.59. The standard InChI is InChI=1S/2C8H6N2.2C2H6.I2.HI.N2/c2*1-2-4-8-7(3-1)9-5-6-10-8;3*1-2;;1-2/h2*1-6H;2*1-2H3;;1H;. The van der Waals surface area contributed by atoms with Gasteiger partial charge in [0.15, 0.2) is 0 Å². The second-order valence-corrected chi connectivity index (χ2v) is 4.09. The maximum atomic E-state index is 6.00. The highest BCUT2D eigenvalue weighted by Crippen LogP contribution is 2.05. The molecular weight excluding hydrogens is 705 g/mol. The van der Waals surface area contributed by atoms with E-state index in [1.807, 2.05) is 76.2 Å². The molecule has 0 saturated heterocycles. The Balaban J connectivity index is -0.000000340. The lowest BCUT2D eigenvalue weighted by molar-refractivity contribution is 1.15. The molecule has 0 radical (unpaired) electrons. The zero-order valence-electron chi connectivity index (χ0n) is 16.8. The van der Waals surface area contributed by atoms with Crippen molar-refractivity contribution in [2.75, 3.05) is 0 Å². The molecule has 156 valence electrons. The lowest BCUT2D eigenvalue weighted by Gasteiger charge is -1.90. The summed E-state index contributed by atoms with van der Waals surface area (Å²) in [7, 11) is 0. The van der Waals surface area contributed by atoms with E-state index in [0.29, 0.717) is 0 Å².